The van der Waals surface area contributed by atoms with Gasteiger partial charge >= 0.3 is 0 Å². The molecule has 1 fully saturated rings. The van der Waals surface area contributed by atoms with Gasteiger partial charge in [0.25, 0.3) is 5.91 Å². The van der Waals surface area contributed by atoms with Crippen molar-refractivity contribution in [2.45, 2.75) is 6.54 Å². The van der Waals surface area contributed by atoms with Gasteiger partial charge in [-0.1, -0.05) is 12.1 Å². The van der Waals surface area contributed by atoms with Crippen molar-refractivity contribution in [3.05, 3.63) is 54.4 Å². The van der Waals surface area contributed by atoms with Crippen LogP contribution in [0.5, 0.6) is 5.75 Å². The third-order valence-electron chi connectivity index (χ3n) is 4.66. The van der Waals surface area contributed by atoms with Gasteiger partial charge in [0.05, 0.1) is 25.4 Å². The van der Waals surface area contributed by atoms with Crippen LogP contribution in [-0.4, -0.2) is 74.0 Å². The number of carbonyl (C=O) groups excluding carboxylic acids is 1. The smallest absolute Gasteiger partial charge is 0.257 e. The Hall–Kier alpha value is -3.20. The van der Waals surface area contributed by atoms with Crippen LogP contribution in [-0.2, 0) is 6.54 Å². The molecule has 1 aliphatic heterocycles. The van der Waals surface area contributed by atoms with Crippen molar-refractivity contribution in [3.8, 4) is 11.4 Å². The molecule has 0 unspecified atom stereocenters. The van der Waals surface area contributed by atoms with Crippen LogP contribution in [0.25, 0.3) is 5.69 Å². The summed E-state index contributed by atoms with van der Waals surface area (Å²) in [5.74, 6) is 1.55. The Morgan fingerprint density at radius 3 is 2.78 bits per heavy atom. The van der Waals surface area contributed by atoms with E-state index in [9.17, 15) is 4.79 Å². The summed E-state index contributed by atoms with van der Waals surface area (Å²) < 4.78 is 7.04. The Kier molecular flexibility index (Phi) is 4.84. The monoisotopic (exact) mass is 367 g/mol. The summed E-state index contributed by atoms with van der Waals surface area (Å²) in [5.41, 5.74) is 1.38. The third kappa shape index (κ3) is 3.68. The van der Waals surface area contributed by atoms with E-state index in [-0.39, 0.29) is 5.91 Å². The van der Waals surface area contributed by atoms with Crippen molar-refractivity contribution in [3.63, 3.8) is 0 Å². The molecular formula is C18H21N7O2. The summed E-state index contributed by atoms with van der Waals surface area (Å²) in [6.07, 6.45) is 4.87. The molecule has 140 valence electrons. The second kappa shape index (κ2) is 7.58. The summed E-state index contributed by atoms with van der Waals surface area (Å²) in [6.45, 7) is 3.66. The SMILES string of the molecule is COc1ccccc1-n1cc(C(=O)N2CCN(Cc3ncn[nH]3)CC2)cn1. The number of H-pyrrole nitrogens is 1. The van der Waals surface area contributed by atoms with E-state index in [1.807, 2.05) is 29.2 Å². The van der Waals surface area contributed by atoms with E-state index >= 15 is 0 Å². The maximum absolute atomic E-state index is 12.8. The van der Waals surface area contributed by atoms with Gasteiger partial charge in [-0.15, -0.1) is 0 Å². The maximum atomic E-state index is 12.8. The molecule has 9 nitrogen and oxygen atoms in total. The summed E-state index contributed by atoms with van der Waals surface area (Å²) in [6, 6.07) is 7.58. The van der Waals surface area contributed by atoms with E-state index in [4.69, 9.17) is 4.74 Å². The highest BCUT2D eigenvalue weighted by atomic mass is 16.5. The highest BCUT2D eigenvalue weighted by Crippen LogP contribution is 2.22. The van der Waals surface area contributed by atoms with Gasteiger partial charge in [-0.25, -0.2) is 9.67 Å². The third-order valence-corrected chi connectivity index (χ3v) is 4.66. The van der Waals surface area contributed by atoms with Gasteiger partial charge in [-0.2, -0.15) is 10.2 Å². The molecule has 1 amide bonds. The first-order valence-corrected chi connectivity index (χ1v) is 8.78. The summed E-state index contributed by atoms with van der Waals surface area (Å²) in [5, 5.41) is 11.1. The quantitative estimate of drug-likeness (QED) is 0.722. The number of methoxy groups -OCH3 is 1. The first-order chi connectivity index (χ1) is 13.2. The fraction of sp³-hybridized carbons (Fsp3) is 0.333. The van der Waals surface area contributed by atoms with Gasteiger partial charge in [0.2, 0.25) is 0 Å². The molecular weight excluding hydrogens is 346 g/mol. The normalized spacial score (nSPS) is 15.1. The lowest BCUT2D eigenvalue weighted by atomic mass is 10.2. The number of benzene rings is 1. The second-order valence-corrected chi connectivity index (χ2v) is 6.35. The number of nitrogens with one attached hydrogen (secondary N) is 1. The van der Waals surface area contributed by atoms with Crippen molar-refractivity contribution >= 4 is 5.91 Å². The van der Waals surface area contributed by atoms with Gasteiger partial charge < -0.3 is 9.64 Å². The highest BCUT2D eigenvalue weighted by molar-refractivity contribution is 5.94. The number of carbonyl (C=O) groups is 1. The van der Waals surface area contributed by atoms with Crippen molar-refractivity contribution in [1.29, 1.82) is 0 Å². The lowest BCUT2D eigenvalue weighted by molar-refractivity contribution is 0.0625. The number of amides is 1. The molecule has 0 spiro atoms. The van der Waals surface area contributed by atoms with Crippen molar-refractivity contribution in [2.75, 3.05) is 33.3 Å². The van der Waals surface area contributed by atoms with Crippen molar-refractivity contribution in [2.24, 2.45) is 0 Å². The van der Waals surface area contributed by atoms with Crippen LogP contribution < -0.4 is 4.74 Å². The minimum absolute atomic E-state index is 0.00420. The minimum atomic E-state index is -0.00420. The maximum Gasteiger partial charge on any atom is 0.257 e. The van der Waals surface area contributed by atoms with E-state index in [0.717, 1.165) is 24.6 Å². The molecule has 4 rings (SSSR count). The molecule has 1 N–H and O–H groups in total. The molecule has 3 aromatic rings. The number of nitrogens with zero attached hydrogens (tertiary/aromatic N) is 6. The molecule has 0 saturated carbocycles. The fourth-order valence-electron chi connectivity index (χ4n) is 3.19. The molecule has 2 aromatic heterocycles. The number of piperazine rings is 1. The molecule has 0 atom stereocenters. The van der Waals surface area contributed by atoms with Crippen LogP contribution in [0.2, 0.25) is 0 Å². The van der Waals surface area contributed by atoms with Crippen LogP contribution in [0.15, 0.2) is 43.0 Å². The standard InChI is InChI=1S/C18H21N7O2/c1-27-16-5-3-2-4-15(16)25-11-14(10-21-25)18(26)24-8-6-23(7-9-24)12-17-19-13-20-22-17/h2-5,10-11,13H,6-9,12H2,1H3,(H,19,20,22). The van der Waals surface area contributed by atoms with Crippen LogP contribution in [0, 0.1) is 0 Å². The zero-order valence-electron chi connectivity index (χ0n) is 15.1. The molecule has 0 bridgehead atoms. The summed E-state index contributed by atoms with van der Waals surface area (Å²) >= 11 is 0. The molecule has 0 radical (unpaired) electrons. The molecule has 1 saturated heterocycles. The van der Waals surface area contributed by atoms with Crippen LogP contribution in [0.3, 0.4) is 0 Å². The number of para-hydroxylation sites is 2. The Bertz CT molecular complexity index is 898. The largest absolute Gasteiger partial charge is 0.494 e. The van der Waals surface area contributed by atoms with Crippen LogP contribution >= 0.6 is 0 Å². The molecule has 1 aliphatic rings. The zero-order chi connectivity index (χ0) is 18.6. The predicted molar refractivity (Wildman–Crippen MR) is 97.7 cm³/mol. The number of hydrogen-bond donors (Lipinski definition) is 1. The second-order valence-electron chi connectivity index (χ2n) is 6.35. The first kappa shape index (κ1) is 17.2. The average molecular weight is 367 g/mol. The predicted octanol–water partition coefficient (Wildman–Crippen LogP) is 0.957. The summed E-state index contributed by atoms with van der Waals surface area (Å²) in [4.78, 5) is 21.1. The van der Waals surface area contributed by atoms with Gasteiger partial charge in [0.15, 0.2) is 0 Å². The average Bonchev–Trinajstić information content (AvgIpc) is 3.40. The molecule has 1 aromatic carbocycles. The molecule has 0 aliphatic carbocycles. The van der Waals surface area contributed by atoms with Crippen LogP contribution in [0.1, 0.15) is 16.2 Å². The lowest BCUT2D eigenvalue weighted by Crippen LogP contribution is -2.48. The fourth-order valence-corrected chi connectivity index (χ4v) is 3.19. The lowest BCUT2D eigenvalue weighted by Gasteiger charge is -2.34. The number of rotatable bonds is 5. The topological polar surface area (TPSA) is 92.2 Å². The van der Waals surface area contributed by atoms with E-state index in [2.05, 4.69) is 25.2 Å². The van der Waals surface area contributed by atoms with Crippen molar-refractivity contribution < 1.29 is 9.53 Å². The van der Waals surface area contributed by atoms with Gasteiger partial charge in [0, 0.05) is 32.4 Å². The number of hydrogen-bond acceptors (Lipinski definition) is 6. The van der Waals surface area contributed by atoms with E-state index < -0.39 is 0 Å². The Morgan fingerprint density at radius 1 is 1.22 bits per heavy atom. The number of aromatic nitrogens is 5. The molecule has 9 heteroatoms. The van der Waals surface area contributed by atoms with Crippen LogP contribution in [0.4, 0.5) is 0 Å². The molecule has 27 heavy (non-hydrogen) atoms. The minimum Gasteiger partial charge on any atom is -0.494 e. The Labute approximate surface area is 156 Å². The van der Waals surface area contributed by atoms with Gasteiger partial charge in [-0.05, 0) is 12.1 Å². The molecule has 3 heterocycles. The van der Waals surface area contributed by atoms with Gasteiger partial charge in [0.1, 0.15) is 23.6 Å². The summed E-state index contributed by atoms with van der Waals surface area (Å²) in [7, 11) is 1.62. The van der Waals surface area contributed by atoms with E-state index in [1.54, 1.807) is 24.2 Å². The van der Waals surface area contributed by atoms with Crippen molar-refractivity contribution in [1.82, 2.24) is 34.8 Å². The number of aromatic amines is 1. The Balaban J connectivity index is 1.40. The highest BCUT2D eigenvalue weighted by Gasteiger charge is 2.24. The van der Waals surface area contributed by atoms with E-state index in [1.165, 1.54) is 6.33 Å². The van der Waals surface area contributed by atoms with Gasteiger partial charge in [-0.3, -0.25) is 14.8 Å². The van der Waals surface area contributed by atoms with E-state index in [0.29, 0.717) is 30.9 Å². The first-order valence-electron chi connectivity index (χ1n) is 8.78. The zero-order valence-corrected chi connectivity index (χ0v) is 15.1. The Morgan fingerprint density at radius 2 is 2.04 bits per heavy atom. The number of ether oxygens (including phenoxy) is 1.